The van der Waals surface area contributed by atoms with Crippen molar-refractivity contribution in [2.24, 2.45) is 0 Å². The number of hydrogen-bond donors (Lipinski definition) is 2. The number of methoxy groups -OCH3 is 1. The number of aliphatic carboxylic acids is 1. The van der Waals surface area contributed by atoms with Crippen molar-refractivity contribution in [2.75, 3.05) is 13.7 Å². The van der Waals surface area contributed by atoms with Crippen molar-refractivity contribution in [2.45, 2.75) is 12.5 Å². The summed E-state index contributed by atoms with van der Waals surface area (Å²) in [5.41, 5.74) is -0.547. The van der Waals surface area contributed by atoms with Crippen LogP contribution in [0.3, 0.4) is 0 Å². The number of aromatic nitrogens is 1. The number of rotatable bonds is 7. The van der Waals surface area contributed by atoms with Gasteiger partial charge in [0, 0.05) is 19.7 Å². The summed E-state index contributed by atoms with van der Waals surface area (Å²) in [7, 11) is 1.31. The summed E-state index contributed by atoms with van der Waals surface area (Å²) in [6, 6.07) is 0.990. The van der Waals surface area contributed by atoms with Crippen LogP contribution in [0.4, 0.5) is 5.69 Å². The SMILES string of the molecule is COC(CNC(=O)c1cc([N+](=O)[O-])cnc1Cl)CC(=O)O. The molecule has 21 heavy (non-hydrogen) atoms. The van der Waals surface area contributed by atoms with Crippen LogP contribution in [0.25, 0.3) is 0 Å². The second kappa shape index (κ2) is 7.50. The van der Waals surface area contributed by atoms with Crippen LogP contribution in [0.15, 0.2) is 12.3 Å². The second-order valence-electron chi connectivity index (χ2n) is 3.95. The molecule has 114 valence electrons. The Labute approximate surface area is 124 Å². The fraction of sp³-hybridized carbons (Fsp3) is 0.364. The van der Waals surface area contributed by atoms with Crippen LogP contribution in [0.5, 0.6) is 0 Å². The number of amides is 1. The van der Waals surface area contributed by atoms with E-state index in [1.807, 2.05) is 0 Å². The number of pyridine rings is 1. The monoisotopic (exact) mass is 317 g/mol. The standard InChI is InChI=1S/C11H12ClN3O6/c1-21-7(3-9(16)17)5-14-11(18)8-2-6(15(19)20)4-13-10(8)12/h2,4,7H,3,5H2,1H3,(H,14,18)(H,16,17). The maximum absolute atomic E-state index is 11.9. The lowest BCUT2D eigenvalue weighted by Crippen LogP contribution is -2.34. The van der Waals surface area contributed by atoms with E-state index in [4.69, 9.17) is 21.4 Å². The van der Waals surface area contributed by atoms with Gasteiger partial charge in [-0.15, -0.1) is 0 Å². The zero-order valence-electron chi connectivity index (χ0n) is 10.9. The van der Waals surface area contributed by atoms with Gasteiger partial charge in [0.1, 0.15) is 11.3 Å². The zero-order valence-corrected chi connectivity index (χ0v) is 11.7. The number of nitro groups is 1. The minimum Gasteiger partial charge on any atom is -0.481 e. The Balaban J connectivity index is 2.77. The van der Waals surface area contributed by atoms with Gasteiger partial charge >= 0.3 is 5.97 Å². The number of carbonyl (C=O) groups excluding carboxylic acids is 1. The van der Waals surface area contributed by atoms with E-state index in [2.05, 4.69) is 10.3 Å². The Morgan fingerprint density at radius 3 is 2.81 bits per heavy atom. The number of ether oxygens (including phenoxy) is 1. The predicted molar refractivity (Wildman–Crippen MR) is 71.3 cm³/mol. The van der Waals surface area contributed by atoms with Gasteiger partial charge in [0.25, 0.3) is 11.6 Å². The molecule has 0 bridgehead atoms. The first kappa shape index (κ1) is 16.8. The Kier molecular flexibility index (Phi) is 6.00. The fourth-order valence-electron chi connectivity index (χ4n) is 1.43. The number of carbonyl (C=O) groups is 2. The molecule has 1 rings (SSSR count). The third-order valence-corrected chi connectivity index (χ3v) is 2.81. The molecule has 0 radical (unpaired) electrons. The molecule has 0 fully saturated rings. The molecule has 0 aliphatic carbocycles. The molecule has 9 nitrogen and oxygen atoms in total. The van der Waals surface area contributed by atoms with Crippen LogP contribution in [-0.2, 0) is 9.53 Å². The Bertz CT molecular complexity index is 565. The lowest BCUT2D eigenvalue weighted by molar-refractivity contribution is -0.385. The minimum absolute atomic E-state index is 0.0827. The minimum atomic E-state index is -1.08. The first-order chi connectivity index (χ1) is 9.85. The number of hydrogen-bond acceptors (Lipinski definition) is 6. The number of halogens is 1. The molecule has 0 aliphatic rings. The first-order valence-corrected chi connectivity index (χ1v) is 6.05. The van der Waals surface area contributed by atoms with E-state index in [0.717, 1.165) is 12.3 Å². The molecule has 1 unspecified atom stereocenters. The zero-order chi connectivity index (χ0) is 16.0. The lowest BCUT2D eigenvalue weighted by Gasteiger charge is -2.14. The quantitative estimate of drug-likeness (QED) is 0.433. The van der Waals surface area contributed by atoms with Crippen LogP contribution in [0.1, 0.15) is 16.8 Å². The molecule has 1 atom stereocenters. The van der Waals surface area contributed by atoms with Crippen molar-refractivity contribution in [3.05, 3.63) is 33.1 Å². The van der Waals surface area contributed by atoms with Gasteiger partial charge in [-0.2, -0.15) is 0 Å². The van der Waals surface area contributed by atoms with E-state index in [9.17, 15) is 19.7 Å². The van der Waals surface area contributed by atoms with Crippen molar-refractivity contribution in [1.82, 2.24) is 10.3 Å². The molecule has 0 spiro atoms. The molecule has 10 heteroatoms. The second-order valence-corrected chi connectivity index (χ2v) is 4.31. The summed E-state index contributed by atoms with van der Waals surface area (Å²) < 4.78 is 4.89. The van der Waals surface area contributed by atoms with Crippen LogP contribution >= 0.6 is 11.6 Å². The molecule has 2 N–H and O–H groups in total. The summed E-state index contributed by atoms with van der Waals surface area (Å²) in [5.74, 6) is -1.78. The van der Waals surface area contributed by atoms with Crippen LogP contribution < -0.4 is 5.32 Å². The number of carboxylic acid groups (broad SMARTS) is 1. The van der Waals surface area contributed by atoms with Gasteiger partial charge in [-0.3, -0.25) is 19.7 Å². The van der Waals surface area contributed by atoms with Crippen molar-refractivity contribution in [3.63, 3.8) is 0 Å². The number of nitrogens with zero attached hydrogens (tertiary/aromatic N) is 2. The molecule has 0 saturated carbocycles. The first-order valence-electron chi connectivity index (χ1n) is 5.67. The molecule has 1 heterocycles. The van der Waals surface area contributed by atoms with Crippen molar-refractivity contribution in [1.29, 1.82) is 0 Å². The van der Waals surface area contributed by atoms with E-state index in [1.165, 1.54) is 7.11 Å². The van der Waals surface area contributed by atoms with E-state index in [-0.39, 0.29) is 29.4 Å². The highest BCUT2D eigenvalue weighted by atomic mass is 35.5. The molecular formula is C11H12ClN3O6. The predicted octanol–water partition coefficient (Wildman–Crippen LogP) is 0.863. The Hall–Kier alpha value is -2.26. The third-order valence-electron chi connectivity index (χ3n) is 2.51. The number of nitrogens with one attached hydrogen (secondary N) is 1. The maximum atomic E-state index is 11.9. The van der Waals surface area contributed by atoms with Crippen LogP contribution in [0.2, 0.25) is 5.15 Å². The average Bonchev–Trinajstić information content (AvgIpc) is 2.42. The molecule has 0 aliphatic heterocycles. The molecule has 1 aromatic heterocycles. The van der Waals surface area contributed by atoms with E-state index in [0.29, 0.717) is 0 Å². The summed E-state index contributed by atoms with van der Waals surface area (Å²) in [6.45, 7) is -0.0827. The Morgan fingerprint density at radius 1 is 1.62 bits per heavy atom. The molecule has 0 saturated heterocycles. The van der Waals surface area contributed by atoms with Gasteiger partial charge in [0.05, 0.1) is 23.0 Å². The Morgan fingerprint density at radius 2 is 2.29 bits per heavy atom. The molecule has 1 amide bonds. The molecular weight excluding hydrogens is 306 g/mol. The average molecular weight is 318 g/mol. The van der Waals surface area contributed by atoms with Gasteiger partial charge in [0.2, 0.25) is 0 Å². The van der Waals surface area contributed by atoms with Gasteiger partial charge in [-0.1, -0.05) is 11.6 Å². The van der Waals surface area contributed by atoms with E-state index in [1.54, 1.807) is 0 Å². The number of carboxylic acids is 1. The largest absolute Gasteiger partial charge is 0.481 e. The van der Waals surface area contributed by atoms with Crippen molar-refractivity contribution in [3.8, 4) is 0 Å². The smallest absolute Gasteiger partial charge is 0.306 e. The van der Waals surface area contributed by atoms with Gasteiger partial charge in [-0.25, -0.2) is 4.98 Å². The fourth-order valence-corrected chi connectivity index (χ4v) is 1.62. The summed E-state index contributed by atoms with van der Waals surface area (Å²) in [4.78, 5) is 35.9. The van der Waals surface area contributed by atoms with Crippen LogP contribution in [0, 0.1) is 10.1 Å². The van der Waals surface area contributed by atoms with Crippen LogP contribution in [-0.4, -0.2) is 46.6 Å². The van der Waals surface area contributed by atoms with E-state index < -0.39 is 22.9 Å². The van der Waals surface area contributed by atoms with Crippen molar-refractivity contribution < 1.29 is 24.4 Å². The van der Waals surface area contributed by atoms with Gasteiger partial charge < -0.3 is 15.2 Å². The van der Waals surface area contributed by atoms with Gasteiger partial charge in [-0.05, 0) is 0 Å². The lowest BCUT2D eigenvalue weighted by atomic mass is 10.2. The topological polar surface area (TPSA) is 132 Å². The highest BCUT2D eigenvalue weighted by molar-refractivity contribution is 6.32. The summed E-state index contributed by atoms with van der Waals surface area (Å²) in [5, 5.41) is 21.5. The normalized spacial score (nSPS) is 11.7. The maximum Gasteiger partial charge on any atom is 0.306 e. The third kappa shape index (κ3) is 4.97. The summed E-state index contributed by atoms with van der Waals surface area (Å²) >= 11 is 5.71. The van der Waals surface area contributed by atoms with Crippen molar-refractivity contribution >= 4 is 29.2 Å². The van der Waals surface area contributed by atoms with E-state index >= 15 is 0 Å². The molecule has 0 aromatic carbocycles. The molecule has 1 aromatic rings. The van der Waals surface area contributed by atoms with Gasteiger partial charge in [0.15, 0.2) is 0 Å². The highest BCUT2D eigenvalue weighted by Crippen LogP contribution is 2.18. The highest BCUT2D eigenvalue weighted by Gasteiger charge is 2.19. The summed E-state index contributed by atoms with van der Waals surface area (Å²) in [6.07, 6.45) is -0.0870.